The molecule has 0 spiro atoms. The predicted molar refractivity (Wildman–Crippen MR) is 68.4 cm³/mol. The lowest BCUT2D eigenvalue weighted by Gasteiger charge is -2.22. The maximum Gasteiger partial charge on any atom is 0.303 e. The molecule has 0 aliphatic carbocycles. The zero-order valence-electron chi connectivity index (χ0n) is 10.9. The Kier molecular flexibility index (Phi) is 7.94. The molecule has 0 aliphatic heterocycles. The fourth-order valence-corrected chi connectivity index (χ4v) is 1.57. The van der Waals surface area contributed by atoms with Crippen LogP contribution in [0.3, 0.4) is 0 Å². The molecule has 1 unspecified atom stereocenters. The van der Waals surface area contributed by atoms with Crippen LogP contribution in [-0.2, 0) is 9.59 Å². The third-order valence-electron chi connectivity index (χ3n) is 2.41. The number of hydrogen-bond donors (Lipinski definition) is 3. The number of hydrogen-bond acceptors (Lipinski definition) is 4. The minimum atomic E-state index is -1.03. The summed E-state index contributed by atoms with van der Waals surface area (Å²) < 4.78 is 0. The number of aliphatic imine (C=N–C) groups is 1. The molecule has 0 heterocycles. The van der Waals surface area contributed by atoms with Crippen LogP contribution in [0.5, 0.6) is 0 Å². The van der Waals surface area contributed by atoms with Crippen LogP contribution in [0.4, 0.5) is 0 Å². The van der Waals surface area contributed by atoms with Gasteiger partial charge in [-0.2, -0.15) is 0 Å². The van der Waals surface area contributed by atoms with Gasteiger partial charge in [-0.3, -0.25) is 14.6 Å². The SMILES string of the molecule is C=NC(O)[C@@H](CC(C)C)NC(=O)CCCC(=O)O. The van der Waals surface area contributed by atoms with Crippen LogP contribution < -0.4 is 5.32 Å². The van der Waals surface area contributed by atoms with Gasteiger partial charge in [0.05, 0.1) is 6.04 Å². The fourth-order valence-electron chi connectivity index (χ4n) is 1.57. The second kappa shape index (κ2) is 8.63. The maximum absolute atomic E-state index is 11.6. The largest absolute Gasteiger partial charge is 0.481 e. The highest BCUT2D eigenvalue weighted by Crippen LogP contribution is 2.09. The van der Waals surface area contributed by atoms with Crippen LogP contribution >= 0.6 is 0 Å². The lowest BCUT2D eigenvalue weighted by atomic mass is 10.0. The van der Waals surface area contributed by atoms with E-state index in [1.165, 1.54) is 0 Å². The molecular formula is C12H22N2O4. The Morgan fingerprint density at radius 1 is 1.33 bits per heavy atom. The summed E-state index contributed by atoms with van der Waals surface area (Å²) in [6.45, 7) is 7.20. The third-order valence-corrected chi connectivity index (χ3v) is 2.41. The van der Waals surface area contributed by atoms with Crippen molar-refractivity contribution in [3.8, 4) is 0 Å². The first-order valence-corrected chi connectivity index (χ1v) is 6.01. The summed E-state index contributed by atoms with van der Waals surface area (Å²) in [6.07, 6.45) is -0.0660. The van der Waals surface area contributed by atoms with Gasteiger partial charge in [0.25, 0.3) is 0 Å². The van der Waals surface area contributed by atoms with E-state index in [2.05, 4.69) is 17.0 Å². The summed E-state index contributed by atoms with van der Waals surface area (Å²) in [5.74, 6) is -0.898. The summed E-state index contributed by atoms with van der Waals surface area (Å²) in [4.78, 5) is 25.4. The molecular weight excluding hydrogens is 236 g/mol. The molecule has 3 N–H and O–H groups in total. The maximum atomic E-state index is 11.6. The van der Waals surface area contributed by atoms with Gasteiger partial charge in [0.1, 0.15) is 0 Å². The van der Waals surface area contributed by atoms with Gasteiger partial charge >= 0.3 is 5.97 Å². The van der Waals surface area contributed by atoms with E-state index in [-0.39, 0.29) is 25.2 Å². The van der Waals surface area contributed by atoms with Gasteiger partial charge in [-0.05, 0) is 25.5 Å². The van der Waals surface area contributed by atoms with Crippen molar-refractivity contribution in [2.24, 2.45) is 10.9 Å². The number of carboxylic acid groups (broad SMARTS) is 1. The van der Waals surface area contributed by atoms with Gasteiger partial charge in [0, 0.05) is 12.8 Å². The van der Waals surface area contributed by atoms with E-state index in [1.54, 1.807) is 0 Å². The molecule has 6 heteroatoms. The molecule has 0 aromatic rings. The van der Waals surface area contributed by atoms with Crippen LogP contribution in [0.25, 0.3) is 0 Å². The van der Waals surface area contributed by atoms with Crippen molar-refractivity contribution in [2.45, 2.75) is 51.8 Å². The van der Waals surface area contributed by atoms with Gasteiger partial charge in [-0.25, -0.2) is 0 Å². The Balaban J connectivity index is 4.17. The molecule has 0 aliphatic rings. The smallest absolute Gasteiger partial charge is 0.303 e. The van der Waals surface area contributed by atoms with Crippen molar-refractivity contribution >= 4 is 18.6 Å². The second-order valence-electron chi connectivity index (χ2n) is 4.65. The zero-order valence-corrected chi connectivity index (χ0v) is 10.9. The Hall–Kier alpha value is -1.43. The number of carbonyl (C=O) groups is 2. The van der Waals surface area contributed by atoms with Crippen molar-refractivity contribution in [1.82, 2.24) is 5.32 Å². The van der Waals surface area contributed by atoms with Gasteiger partial charge in [-0.1, -0.05) is 13.8 Å². The third kappa shape index (κ3) is 7.78. The standard InChI is InChI=1S/C12H22N2O4/c1-8(2)7-9(12(18)13-3)14-10(15)5-4-6-11(16)17/h8-9,12,18H,3-7H2,1-2H3,(H,14,15)(H,16,17)/t9-,12?/m1/s1. The van der Waals surface area contributed by atoms with Crippen molar-refractivity contribution < 1.29 is 19.8 Å². The van der Waals surface area contributed by atoms with Gasteiger partial charge < -0.3 is 15.5 Å². The summed E-state index contributed by atoms with van der Waals surface area (Å²) in [5.41, 5.74) is 0. The first-order chi connectivity index (χ1) is 8.36. The van der Waals surface area contributed by atoms with Gasteiger partial charge in [0.15, 0.2) is 6.23 Å². The molecule has 0 fully saturated rings. The van der Waals surface area contributed by atoms with Crippen molar-refractivity contribution in [3.63, 3.8) is 0 Å². The number of aliphatic hydroxyl groups excluding tert-OH is 1. The summed E-state index contributed by atoms with van der Waals surface area (Å²) in [7, 11) is 0. The normalized spacial score (nSPS) is 14.0. The van der Waals surface area contributed by atoms with E-state index in [0.29, 0.717) is 12.3 Å². The number of aliphatic carboxylic acids is 1. The van der Waals surface area contributed by atoms with Crippen molar-refractivity contribution in [3.05, 3.63) is 0 Å². The molecule has 18 heavy (non-hydrogen) atoms. The average Bonchev–Trinajstić information content (AvgIpc) is 2.25. The van der Waals surface area contributed by atoms with E-state index in [4.69, 9.17) is 5.11 Å². The zero-order chi connectivity index (χ0) is 14.1. The van der Waals surface area contributed by atoms with Crippen LogP contribution in [-0.4, -0.2) is 41.1 Å². The van der Waals surface area contributed by atoms with Gasteiger partial charge in [-0.15, -0.1) is 0 Å². The van der Waals surface area contributed by atoms with E-state index in [0.717, 1.165) is 0 Å². The average molecular weight is 258 g/mol. The monoisotopic (exact) mass is 258 g/mol. The minimum absolute atomic E-state index is 0.0372. The first kappa shape index (κ1) is 16.6. The van der Waals surface area contributed by atoms with E-state index in [1.807, 2.05) is 13.8 Å². The predicted octanol–water partition coefficient (Wildman–Crippen LogP) is 0.791. The molecule has 0 saturated heterocycles. The number of rotatable bonds is 9. The van der Waals surface area contributed by atoms with E-state index < -0.39 is 18.2 Å². The Labute approximate surface area is 107 Å². The topological polar surface area (TPSA) is 99.0 Å². The highest BCUT2D eigenvalue weighted by Gasteiger charge is 2.20. The van der Waals surface area contributed by atoms with Crippen LogP contribution in [0.15, 0.2) is 4.99 Å². The quantitative estimate of drug-likeness (QED) is 0.532. The molecule has 0 aromatic carbocycles. The number of nitrogens with one attached hydrogen (secondary N) is 1. The fraction of sp³-hybridized carbons (Fsp3) is 0.750. The Morgan fingerprint density at radius 3 is 2.39 bits per heavy atom. The first-order valence-electron chi connectivity index (χ1n) is 6.01. The van der Waals surface area contributed by atoms with Crippen molar-refractivity contribution in [1.29, 1.82) is 0 Å². The highest BCUT2D eigenvalue weighted by molar-refractivity contribution is 5.77. The summed E-state index contributed by atoms with van der Waals surface area (Å²) in [5, 5.41) is 20.7. The minimum Gasteiger partial charge on any atom is -0.481 e. The number of nitrogens with zero attached hydrogens (tertiary/aromatic N) is 1. The van der Waals surface area contributed by atoms with E-state index >= 15 is 0 Å². The molecule has 1 amide bonds. The second-order valence-corrected chi connectivity index (χ2v) is 4.65. The lowest BCUT2D eigenvalue weighted by Crippen LogP contribution is -2.43. The lowest BCUT2D eigenvalue weighted by molar-refractivity contribution is -0.137. The molecule has 0 aromatic heterocycles. The van der Waals surface area contributed by atoms with Gasteiger partial charge in [0.2, 0.25) is 5.91 Å². The highest BCUT2D eigenvalue weighted by atomic mass is 16.4. The van der Waals surface area contributed by atoms with Crippen molar-refractivity contribution in [2.75, 3.05) is 0 Å². The molecule has 0 saturated carbocycles. The summed E-state index contributed by atoms with van der Waals surface area (Å²) >= 11 is 0. The molecule has 0 radical (unpaired) electrons. The molecule has 104 valence electrons. The molecule has 6 nitrogen and oxygen atoms in total. The van der Waals surface area contributed by atoms with Crippen LogP contribution in [0.2, 0.25) is 0 Å². The van der Waals surface area contributed by atoms with E-state index in [9.17, 15) is 14.7 Å². The number of carboxylic acids is 1. The molecule has 0 bridgehead atoms. The Bertz CT molecular complexity index is 292. The van der Waals surface area contributed by atoms with Crippen LogP contribution in [0, 0.1) is 5.92 Å². The summed E-state index contributed by atoms with van der Waals surface area (Å²) in [6, 6.07) is -0.472. The number of aliphatic hydroxyl groups is 1. The molecule has 2 atom stereocenters. The molecule has 0 rings (SSSR count). The van der Waals surface area contributed by atoms with Crippen LogP contribution in [0.1, 0.15) is 39.5 Å². The number of carbonyl (C=O) groups excluding carboxylic acids is 1. The Morgan fingerprint density at radius 2 is 1.94 bits per heavy atom. The number of amides is 1.